The third-order valence-corrected chi connectivity index (χ3v) is 8.87. The maximum atomic E-state index is 13.8. The molecular formula is C36H31FN6O5. The Hall–Kier alpha value is -6.04. The van der Waals surface area contributed by atoms with Gasteiger partial charge in [0.15, 0.2) is 0 Å². The van der Waals surface area contributed by atoms with Crippen molar-refractivity contribution in [1.82, 2.24) is 24.6 Å². The molecule has 242 valence electrons. The van der Waals surface area contributed by atoms with E-state index in [1.807, 2.05) is 48.5 Å². The number of halogens is 1. The van der Waals surface area contributed by atoms with Gasteiger partial charge in [-0.05, 0) is 77.2 Å². The second-order valence-corrected chi connectivity index (χ2v) is 11.8. The summed E-state index contributed by atoms with van der Waals surface area (Å²) in [6.07, 6.45) is 1.72. The first kappa shape index (κ1) is 30.6. The van der Waals surface area contributed by atoms with Crippen molar-refractivity contribution in [2.75, 3.05) is 18.4 Å². The van der Waals surface area contributed by atoms with Crippen molar-refractivity contribution in [2.45, 2.75) is 31.0 Å². The molecular weight excluding hydrogens is 615 g/mol. The van der Waals surface area contributed by atoms with Crippen LogP contribution in [0.4, 0.5) is 14.9 Å². The van der Waals surface area contributed by atoms with Crippen molar-refractivity contribution in [2.24, 2.45) is 0 Å². The van der Waals surface area contributed by atoms with Crippen LogP contribution in [0.5, 0.6) is 11.5 Å². The molecule has 11 nitrogen and oxygen atoms in total. The SMILES string of the molecule is O=C(Nc1ccc(Oc2ccc(F)cc2)cc1)[C@@H]1C[C@H](N(CC2c3ccccc3-c3ccccc32)C(=O)O)CN1C(=O)Cn1cncn1. The number of hydrogen-bond acceptors (Lipinski definition) is 6. The van der Waals surface area contributed by atoms with E-state index >= 15 is 0 Å². The highest BCUT2D eigenvalue weighted by Crippen LogP contribution is 2.45. The van der Waals surface area contributed by atoms with Crippen LogP contribution in [0.25, 0.3) is 11.1 Å². The summed E-state index contributed by atoms with van der Waals surface area (Å²) in [4.78, 5) is 46.9. The number of carboxylic acid groups (broad SMARTS) is 1. The van der Waals surface area contributed by atoms with Crippen LogP contribution in [0.2, 0.25) is 0 Å². The van der Waals surface area contributed by atoms with E-state index in [-0.39, 0.29) is 43.7 Å². The Labute approximate surface area is 275 Å². The zero-order valence-electron chi connectivity index (χ0n) is 25.6. The molecule has 0 radical (unpaired) electrons. The molecule has 2 atom stereocenters. The van der Waals surface area contributed by atoms with Crippen LogP contribution >= 0.6 is 0 Å². The quantitative estimate of drug-likeness (QED) is 0.213. The Morgan fingerprint density at radius 2 is 1.52 bits per heavy atom. The molecule has 1 aliphatic heterocycles. The molecule has 48 heavy (non-hydrogen) atoms. The lowest BCUT2D eigenvalue weighted by molar-refractivity contribution is -0.137. The molecule has 1 aromatic heterocycles. The molecule has 2 heterocycles. The van der Waals surface area contributed by atoms with Crippen molar-refractivity contribution >= 4 is 23.6 Å². The molecule has 4 aromatic carbocycles. The molecule has 5 aromatic rings. The van der Waals surface area contributed by atoms with E-state index in [9.17, 15) is 23.9 Å². The number of nitrogens with zero attached hydrogens (tertiary/aromatic N) is 5. The molecule has 7 rings (SSSR count). The fourth-order valence-corrected chi connectivity index (χ4v) is 6.61. The molecule has 1 fully saturated rings. The molecule has 1 aliphatic carbocycles. The van der Waals surface area contributed by atoms with Crippen LogP contribution in [0, 0.1) is 5.82 Å². The largest absolute Gasteiger partial charge is 0.465 e. The summed E-state index contributed by atoms with van der Waals surface area (Å²) >= 11 is 0. The van der Waals surface area contributed by atoms with Gasteiger partial charge in [0.2, 0.25) is 11.8 Å². The molecule has 2 aliphatic rings. The number of carbonyl (C=O) groups is 3. The summed E-state index contributed by atoms with van der Waals surface area (Å²) in [5.74, 6) is -0.455. The van der Waals surface area contributed by atoms with Gasteiger partial charge in [-0.15, -0.1) is 0 Å². The number of aromatic nitrogens is 3. The number of carbonyl (C=O) groups excluding carboxylic acids is 2. The molecule has 2 N–H and O–H groups in total. The minimum Gasteiger partial charge on any atom is -0.465 e. The third-order valence-electron chi connectivity index (χ3n) is 8.87. The topological polar surface area (TPSA) is 130 Å². The zero-order chi connectivity index (χ0) is 33.2. The van der Waals surface area contributed by atoms with Gasteiger partial charge in [-0.25, -0.2) is 18.9 Å². The molecule has 0 saturated carbocycles. The van der Waals surface area contributed by atoms with Crippen molar-refractivity contribution in [3.05, 3.63) is 127 Å². The first-order valence-corrected chi connectivity index (χ1v) is 15.5. The Kier molecular flexibility index (Phi) is 8.28. The standard InChI is InChI=1S/C36H31FN6O5/c37-23-9-13-26(14-10-23)48-27-15-11-24(12-16-27)40-35(45)33-17-25(18-43(33)34(44)20-41-22-38-21-39-41)42(36(46)47)19-32-30-7-3-1-5-28(30)29-6-2-4-8-31(29)32/h1-16,21-22,25,32-33H,17-20H2,(H,40,45)(H,46,47)/t25-,33-/m0/s1. The fraction of sp³-hybridized carbons (Fsp3) is 0.194. The van der Waals surface area contributed by atoms with Crippen molar-refractivity contribution in [3.8, 4) is 22.6 Å². The Morgan fingerprint density at radius 3 is 2.12 bits per heavy atom. The second kappa shape index (κ2) is 13.0. The molecule has 1 saturated heterocycles. The smallest absolute Gasteiger partial charge is 0.407 e. The van der Waals surface area contributed by atoms with E-state index in [2.05, 4.69) is 15.4 Å². The van der Waals surface area contributed by atoms with Crippen molar-refractivity contribution in [1.29, 1.82) is 0 Å². The van der Waals surface area contributed by atoms with Crippen LogP contribution in [0.15, 0.2) is 110 Å². The van der Waals surface area contributed by atoms with E-state index in [4.69, 9.17) is 4.74 Å². The van der Waals surface area contributed by atoms with Gasteiger partial charge < -0.3 is 25.0 Å². The van der Waals surface area contributed by atoms with Gasteiger partial charge in [0.25, 0.3) is 0 Å². The fourth-order valence-electron chi connectivity index (χ4n) is 6.61. The van der Waals surface area contributed by atoms with Crippen LogP contribution < -0.4 is 10.1 Å². The number of benzene rings is 4. The summed E-state index contributed by atoms with van der Waals surface area (Å²) in [5.41, 5.74) is 4.70. The average Bonchev–Trinajstić information content (AvgIpc) is 3.84. The lowest BCUT2D eigenvalue weighted by Gasteiger charge is -2.29. The first-order valence-electron chi connectivity index (χ1n) is 15.5. The number of likely N-dealkylation sites (tertiary alicyclic amines) is 1. The van der Waals surface area contributed by atoms with Crippen LogP contribution in [0.1, 0.15) is 23.5 Å². The van der Waals surface area contributed by atoms with Gasteiger partial charge in [-0.2, -0.15) is 5.10 Å². The lowest BCUT2D eigenvalue weighted by Crippen LogP contribution is -2.45. The van der Waals surface area contributed by atoms with Crippen molar-refractivity contribution in [3.63, 3.8) is 0 Å². The summed E-state index contributed by atoms with van der Waals surface area (Å²) in [6.45, 7) is 0.0593. The summed E-state index contributed by atoms with van der Waals surface area (Å²) in [5, 5.41) is 17.4. The number of amides is 3. The highest BCUT2D eigenvalue weighted by atomic mass is 19.1. The van der Waals surface area contributed by atoms with Gasteiger partial charge in [0, 0.05) is 24.7 Å². The summed E-state index contributed by atoms with van der Waals surface area (Å²) < 4.78 is 20.4. The van der Waals surface area contributed by atoms with E-state index in [1.165, 1.54) is 51.4 Å². The average molecular weight is 647 g/mol. The molecule has 3 amide bonds. The minimum atomic E-state index is -1.12. The molecule has 0 spiro atoms. The van der Waals surface area contributed by atoms with Gasteiger partial charge in [0.1, 0.15) is 42.6 Å². The monoisotopic (exact) mass is 646 g/mol. The number of nitrogens with one attached hydrogen (secondary N) is 1. The molecule has 12 heteroatoms. The maximum absolute atomic E-state index is 13.8. The van der Waals surface area contributed by atoms with Gasteiger partial charge in [-0.1, -0.05) is 48.5 Å². The number of fused-ring (bicyclic) bond motifs is 3. The highest BCUT2D eigenvalue weighted by molar-refractivity contribution is 5.97. The highest BCUT2D eigenvalue weighted by Gasteiger charge is 2.44. The zero-order valence-corrected chi connectivity index (χ0v) is 25.6. The van der Waals surface area contributed by atoms with Crippen LogP contribution in [-0.2, 0) is 16.1 Å². The van der Waals surface area contributed by atoms with E-state index in [1.54, 1.807) is 24.3 Å². The predicted molar refractivity (Wildman–Crippen MR) is 174 cm³/mol. The molecule has 0 bridgehead atoms. The van der Waals surface area contributed by atoms with E-state index < -0.39 is 24.1 Å². The van der Waals surface area contributed by atoms with E-state index in [0.717, 1.165) is 22.3 Å². The minimum absolute atomic E-state index is 0.0401. The lowest BCUT2D eigenvalue weighted by atomic mass is 9.95. The number of hydrogen-bond donors (Lipinski definition) is 2. The second-order valence-electron chi connectivity index (χ2n) is 11.8. The van der Waals surface area contributed by atoms with Gasteiger partial charge in [0.05, 0.1) is 6.04 Å². The Bertz CT molecular complexity index is 1910. The maximum Gasteiger partial charge on any atom is 0.407 e. The first-order chi connectivity index (χ1) is 23.3. The predicted octanol–water partition coefficient (Wildman–Crippen LogP) is 5.61. The number of ether oxygens (including phenoxy) is 1. The van der Waals surface area contributed by atoms with Crippen LogP contribution in [-0.4, -0.2) is 72.8 Å². The third kappa shape index (κ3) is 6.19. The summed E-state index contributed by atoms with van der Waals surface area (Å²) in [6, 6.07) is 26.6. The van der Waals surface area contributed by atoms with Crippen molar-refractivity contribution < 1.29 is 28.6 Å². The Balaban J connectivity index is 1.11. The van der Waals surface area contributed by atoms with Gasteiger partial charge >= 0.3 is 6.09 Å². The normalized spacial score (nSPS) is 16.6. The van der Waals surface area contributed by atoms with E-state index in [0.29, 0.717) is 17.2 Å². The van der Waals surface area contributed by atoms with Crippen LogP contribution in [0.3, 0.4) is 0 Å². The number of rotatable bonds is 9. The summed E-state index contributed by atoms with van der Waals surface area (Å²) in [7, 11) is 0. The Morgan fingerprint density at radius 1 is 0.896 bits per heavy atom. The van der Waals surface area contributed by atoms with Gasteiger partial charge in [-0.3, -0.25) is 9.59 Å². The number of anilines is 1. The molecule has 0 unspecified atom stereocenters.